The van der Waals surface area contributed by atoms with Crippen molar-refractivity contribution in [1.82, 2.24) is 0 Å². The molecule has 8 heteroatoms. The van der Waals surface area contributed by atoms with Gasteiger partial charge in [-0.25, -0.2) is 0 Å². The molecule has 0 atom stereocenters. The van der Waals surface area contributed by atoms with Gasteiger partial charge in [0.15, 0.2) is 0 Å². The van der Waals surface area contributed by atoms with Gasteiger partial charge in [0, 0.05) is 12.5 Å². The van der Waals surface area contributed by atoms with E-state index in [2.05, 4.69) is 12.6 Å². The first kappa shape index (κ1) is 24.7. The summed E-state index contributed by atoms with van der Waals surface area (Å²) in [7, 11) is -2.70. The number of aryl methyl sites for hydroxylation is 1. The molecule has 0 amide bonds. The molecule has 0 heterocycles. The molecule has 0 fully saturated rings. The maximum absolute atomic E-state index is 12.8. The molecule has 0 aliphatic carbocycles. The van der Waals surface area contributed by atoms with Crippen LogP contribution in [0.25, 0.3) is 0 Å². The summed E-state index contributed by atoms with van der Waals surface area (Å²) >= 11 is 0. The molecule has 7 nitrogen and oxygen atoms in total. The Morgan fingerprint density at radius 1 is 1.00 bits per heavy atom. The van der Waals surface area contributed by atoms with Gasteiger partial charge in [0.05, 0.1) is 19.3 Å². The van der Waals surface area contributed by atoms with Crippen molar-refractivity contribution in [2.75, 3.05) is 20.3 Å². The molecule has 0 bridgehead atoms. The van der Waals surface area contributed by atoms with Crippen LogP contribution in [0, 0.1) is 18.3 Å². The number of hydrogen-bond acceptors (Lipinski definition) is 7. The molecular weight excluding hydrogens is 454 g/mol. The molecule has 0 aliphatic rings. The van der Waals surface area contributed by atoms with Crippen LogP contribution in [-0.4, -0.2) is 28.7 Å². The van der Waals surface area contributed by atoms with E-state index in [1.807, 2.05) is 6.07 Å². The van der Waals surface area contributed by atoms with Crippen LogP contribution in [0.2, 0.25) is 0 Å². The van der Waals surface area contributed by atoms with E-state index in [-0.39, 0.29) is 16.4 Å². The van der Waals surface area contributed by atoms with Crippen molar-refractivity contribution in [3.8, 4) is 29.1 Å². The lowest BCUT2D eigenvalue weighted by Gasteiger charge is -2.13. The van der Waals surface area contributed by atoms with Crippen LogP contribution >= 0.6 is 0 Å². The van der Waals surface area contributed by atoms with Crippen LogP contribution in [0.3, 0.4) is 0 Å². The molecule has 3 aromatic carbocycles. The van der Waals surface area contributed by atoms with Gasteiger partial charge in [0.2, 0.25) is 0 Å². The second-order valence-electron chi connectivity index (χ2n) is 7.31. The fourth-order valence-corrected chi connectivity index (χ4v) is 4.31. The summed E-state index contributed by atoms with van der Waals surface area (Å²) in [5.74, 6) is 1.28. The molecule has 176 valence electrons. The van der Waals surface area contributed by atoms with Gasteiger partial charge in [-0.15, -0.1) is 0 Å². The van der Waals surface area contributed by atoms with Crippen LogP contribution in [0.1, 0.15) is 16.7 Å². The molecule has 0 spiro atoms. The normalized spacial score (nSPS) is 10.7. The summed E-state index contributed by atoms with van der Waals surface area (Å²) < 4.78 is 47.5. The van der Waals surface area contributed by atoms with E-state index in [9.17, 15) is 13.7 Å². The summed E-state index contributed by atoms with van der Waals surface area (Å²) in [6.45, 7) is 6.03. The van der Waals surface area contributed by atoms with Crippen LogP contribution in [0.15, 0.2) is 78.2 Å². The van der Waals surface area contributed by atoms with Crippen molar-refractivity contribution in [3.63, 3.8) is 0 Å². The minimum absolute atomic E-state index is 0.0448. The number of methoxy groups -OCH3 is 1. The molecule has 0 radical (unpaired) electrons. The van der Waals surface area contributed by atoms with E-state index in [1.54, 1.807) is 49.4 Å². The van der Waals surface area contributed by atoms with Gasteiger partial charge in [-0.05, 0) is 54.4 Å². The maximum Gasteiger partial charge on any atom is 0.342 e. The zero-order chi connectivity index (χ0) is 24.6. The minimum atomic E-state index is -4.11. The lowest BCUT2D eigenvalue weighted by Crippen LogP contribution is -2.11. The Bertz CT molecular complexity index is 1310. The maximum atomic E-state index is 12.8. The standard InChI is InChI=1S/C26H25NO6S/c1-4-13-32-25-16-20(9-10-21(25)18-27)12-14-31-22-6-5-7-23(17-22)33-34(28,29)26-15-19(2)8-11-24(26)30-3/h4-11,15-17H,1,12-14H2,2-3H3. The van der Waals surface area contributed by atoms with E-state index >= 15 is 0 Å². The van der Waals surface area contributed by atoms with E-state index in [4.69, 9.17) is 18.4 Å². The van der Waals surface area contributed by atoms with Crippen LogP contribution in [0.4, 0.5) is 0 Å². The van der Waals surface area contributed by atoms with Gasteiger partial charge < -0.3 is 18.4 Å². The highest BCUT2D eigenvalue weighted by molar-refractivity contribution is 7.87. The van der Waals surface area contributed by atoms with Crippen LogP contribution < -0.4 is 18.4 Å². The van der Waals surface area contributed by atoms with Crippen molar-refractivity contribution in [2.45, 2.75) is 18.2 Å². The van der Waals surface area contributed by atoms with Crippen molar-refractivity contribution in [2.24, 2.45) is 0 Å². The first-order valence-electron chi connectivity index (χ1n) is 10.4. The Labute approximate surface area is 199 Å². The molecular formula is C26H25NO6S. The van der Waals surface area contributed by atoms with Crippen molar-refractivity contribution < 1.29 is 26.8 Å². The molecule has 0 N–H and O–H groups in total. The predicted molar refractivity (Wildman–Crippen MR) is 128 cm³/mol. The zero-order valence-corrected chi connectivity index (χ0v) is 19.8. The summed E-state index contributed by atoms with van der Waals surface area (Å²) in [6.07, 6.45) is 2.17. The van der Waals surface area contributed by atoms with E-state index in [1.165, 1.54) is 25.3 Å². The van der Waals surface area contributed by atoms with Gasteiger partial charge in [0.1, 0.15) is 40.6 Å². The average Bonchev–Trinajstić information content (AvgIpc) is 2.83. The minimum Gasteiger partial charge on any atom is -0.495 e. The number of hydrogen-bond donors (Lipinski definition) is 0. The fraction of sp³-hybridized carbons (Fsp3) is 0.192. The molecule has 34 heavy (non-hydrogen) atoms. The lowest BCUT2D eigenvalue weighted by molar-refractivity contribution is 0.320. The van der Waals surface area contributed by atoms with Crippen LogP contribution in [0.5, 0.6) is 23.0 Å². The van der Waals surface area contributed by atoms with Crippen molar-refractivity contribution in [3.05, 3.63) is 90.0 Å². The third-order valence-electron chi connectivity index (χ3n) is 4.78. The average molecular weight is 480 g/mol. The molecule has 3 aromatic rings. The second kappa shape index (κ2) is 11.3. The lowest BCUT2D eigenvalue weighted by atomic mass is 10.1. The predicted octanol–water partition coefficient (Wildman–Crippen LogP) is 4.83. The summed E-state index contributed by atoms with van der Waals surface area (Å²) in [5.41, 5.74) is 2.14. The summed E-state index contributed by atoms with van der Waals surface area (Å²) in [6, 6.07) is 18.7. The van der Waals surface area contributed by atoms with Crippen molar-refractivity contribution >= 4 is 10.1 Å². The smallest absolute Gasteiger partial charge is 0.342 e. The summed E-state index contributed by atoms with van der Waals surface area (Å²) in [4.78, 5) is -0.0448. The Hall–Kier alpha value is -3.96. The Balaban J connectivity index is 1.67. The molecule has 3 rings (SSSR count). The van der Waals surface area contributed by atoms with Crippen molar-refractivity contribution in [1.29, 1.82) is 5.26 Å². The van der Waals surface area contributed by atoms with Gasteiger partial charge in [-0.2, -0.15) is 13.7 Å². The number of nitriles is 1. The molecule has 0 aromatic heterocycles. The topological polar surface area (TPSA) is 94.8 Å². The van der Waals surface area contributed by atoms with Gasteiger partial charge in [-0.1, -0.05) is 30.9 Å². The molecule has 0 unspecified atom stereocenters. The largest absolute Gasteiger partial charge is 0.495 e. The number of nitrogens with zero attached hydrogens (tertiary/aromatic N) is 1. The highest BCUT2D eigenvalue weighted by Gasteiger charge is 2.22. The third-order valence-corrected chi connectivity index (χ3v) is 6.05. The third kappa shape index (κ3) is 6.30. The quantitative estimate of drug-likeness (QED) is 0.287. The van der Waals surface area contributed by atoms with Crippen LogP contribution in [-0.2, 0) is 16.5 Å². The molecule has 0 saturated heterocycles. The first-order chi connectivity index (χ1) is 16.4. The van der Waals surface area contributed by atoms with E-state index in [0.717, 1.165) is 11.1 Å². The van der Waals surface area contributed by atoms with E-state index in [0.29, 0.717) is 36.7 Å². The Kier molecular flexibility index (Phi) is 8.17. The number of ether oxygens (including phenoxy) is 3. The highest BCUT2D eigenvalue weighted by Crippen LogP contribution is 2.29. The second-order valence-corrected chi connectivity index (χ2v) is 8.82. The number of rotatable bonds is 11. The summed E-state index contributed by atoms with van der Waals surface area (Å²) in [5, 5.41) is 9.21. The molecule has 0 saturated carbocycles. The van der Waals surface area contributed by atoms with Gasteiger partial charge in [-0.3, -0.25) is 0 Å². The SMILES string of the molecule is C=CCOc1cc(CCOc2cccc(OS(=O)(=O)c3cc(C)ccc3OC)c2)ccc1C#N. The first-order valence-corrected chi connectivity index (χ1v) is 11.9. The Morgan fingerprint density at radius 3 is 2.53 bits per heavy atom. The van der Waals surface area contributed by atoms with Gasteiger partial charge >= 0.3 is 10.1 Å². The Morgan fingerprint density at radius 2 is 1.79 bits per heavy atom. The van der Waals surface area contributed by atoms with Gasteiger partial charge in [0.25, 0.3) is 0 Å². The number of benzene rings is 3. The molecule has 0 aliphatic heterocycles. The fourth-order valence-electron chi connectivity index (χ4n) is 3.14. The zero-order valence-electron chi connectivity index (χ0n) is 19.0. The monoisotopic (exact) mass is 479 g/mol. The van der Waals surface area contributed by atoms with E-state index < -0.39 is 10.1 Å². The highest BCUT2D eigenvalue weighted by atomic mass is 32.2.